The zero-order valence-corrected chi connectivity index (χ0v) is 17.9. The number of nitrogens with zero attached hydrogens (tertiary/aromatic N) is 3. The minimum Gasteiger partial charge on any atom is -0.361 e. The van der Waals surface area contributed by atoms with Crippen LogP contribution in [0.4, 0.5) is 0 Å². The van der Waals surface area contributed by atoms with Gasteiger partial charge in [-0.2, -0.15) is 5.26 Å². The number of benzene rings is 2. The van der Waals surface area contributed by atoms with Crippen LogP contribution in [0.5, 0.6) is 0 Å². The van der Waals surface area contributed by atoms with E-state index in [1.54, 1.807) is 11.8 Å². The predicted octanol–water partition coefficient (Wildman–Crippen LogP) is 5.51. The quantitative estimate of drug-likeness (QED) is 0.286. The highest BCUT2D eigenvalue weighted by atomic mass is 32.2. The first-order valence-electron chi connectivity index (χ1n) is 9.12. The van der Waals surface area contributed by atoms with E-state index in [2.05, 4.69) is 61.0 Å². The third-order valence-electron chi connectivity index (χ3n) is 4.30. The fourth-order valence-corrected chi connectivity index (χ4v) is 4.46. The molecule has 0 saturated heterocycles. The molecule has 140 valence electrons. The Morgan fingerprint density at radius 2 is 1.89 bits per heavy atom. The second-order valence-electron chi connectivity index (χ2n) is 7.72. The fraction of sp³-hybridized carbons (Fsp3) is 0.333. The van der Waals surface area contributed by atoms with Crippen molar-refractivity contribution in [2.75, 3.05) is 6.61 Å². The zero-order chi connectivity index (χ0) is 19.3. The maximum atomic E-state index is 9.52. The van der Waals surface area contributed by atoms with Crippen molar-refractivity contribution in [3.8, 4) is 6.07 Å². The summed E-state index contributed by atoms with van der Waals surface area (Å²) in [6.07, 6.45) is 0. The third-order valence-corrected chi connectivity index (χ3v) is 7.12. The Morgan fingerprint density at radius 3 is 2.59 bits per heavy atom. The SMILES string of the molecule is C[Si](C)(C)CCOCn1c(C#N)nc2c(SCc3ccccc3)cccc21. The van der Waals surface area contributed by atoms with Crippen molar-refractivity contribution in [2.45, 2.75) is 43.1 Å². The predicted molar refractivity (Wildman–Crippen MR) is 115 cm³/mol. The first kappa shape index (κ1) is 19.7. The molecule has 6 heteroatoms. The molecular weight excluding hydrogens is 370 g/mol. The lowest BCUT2D eigenvalue weighted by molar-refractivity contribution is 0.0893. The van der Waals surface area contributed by atoms with Gasteiger partial charge >= 0.3 is 0 Å². The molecule has 0 aliphatic carbocycles. The number of imidazole rings is 1. The van der Waals surface area contributed by atoms with E-state index >= 15 is 0 Å². The van der Waals surface area contributed by atoms with Gasteiger partial charge in [0.25, 0.3) is 0 Å². The van der Waals surface area contributed by atoms with Crippen LogP contribution in [0, 0.1) is 11.3 Å². The van der Waals surface area contributed by atoms with Gasteiger partial charge in [0.15, 0.2) is 0 Å². The van der Waals surface area contributed by atoms with E-state index in [0.29, 0.717) is 12.6 Å². The molecule has 0 amide bonds. The standard InChI is InChI=1S/C21H25N3OSSi/c1-27(2,3)13-12-25-16-24-18-10-7-11-19(21(18)23-20(24)14-22)26-15-17-8-5-4-6-9-17/h4-11H,12-13,15-16H2,1-3H3. The summed E-state index contributed by atoms with van der Waals surface area (Å²) in [5.74, 6) is 1.28. The van der Waals surface area contributed by atoms with Crippen LogP contribution in [0.2, 0.25) is 25.7 Å². The fourth-order valence-electron chi connectivity index (χ4n) is 2.72. The molecule has 0 saturated carbocycles. The Bertz CT molecular complexity index is 942. The first-order chi connectivity index (χ1) is 13.0. The Morgan fingerprint density at radius 1 is 1.11 bits per heavy atom. The zero-order valence-electron chi connectivity index (χ0n) is 16.1. The highest BCUT2D eigenvalue weighted by Gasteiger charge is 2.15. The van der Waals surface area contributed by atoms with E-state index < -0.39 is 8.07 Å². The summed E-state index contributed by atoms with van der Waals surface area (Å²) in [7, 11) is -1.13. The topological polar surface area (TPSA) is 50.8 Å². The van der Waals surface area contributed by atoms with Crippen LogP contribution in [-0.4, -0.2) is 24.2 Å². The van der Waals surface area contributed by atoms with Gasteiger partial charge in [0, 0.05) is 25.3 Å². The van der Waals surface area contributed by atoms with Crippen molar-refractivity contribution in [3.05, 3.63) is 59.9 Å². The molecule has 0 aliphatic heterocycles. The minimum atomic E-state index is -1.13. The summed E-state index contributed by atoms with van der Waals surface area (Å²) in [5, 5.41) is 9.52. The highest BCUT2D eigenvalue weighted by Crippen LogP contribution is 2.30. The normalized spacial score (nSPS) is 11.6. The molecule has 0 atom stereocenters. The second-order valence-corrected chi connectivity index (χ2v) is 14.4. The summed E-state index contributed by atoms with van der Waals surface area (Å²) >= 11 is 1.75. The minimum absolute atomic E-state index is 0.372. The van der Waals surface area contributed by atoms with Gasteiger partial charge in [-0.3, -0.25) is 4.57 Å². The van der Waals surface area contributed by atoms with Crippen LogP contribution in [-0.2, 0) is 17.2 Å². The second kappa shape index (κ2) is 8.74. The molecule has 0 fully saturated rings. The number of fused-ring (bicyclic) bond motifs is 1. The van der Waals surface area contributed by atoms with Gasteiger partial charge in [0.1, 0.15) is 18.3 Å². The molecular formula is C21H25N3OSSi. The number of rotatable bonds is 8. The summed E-state index contributed by atoms with van der Waals surface area (Å²) in [6, 6.07) is 19.8. The average Bonchev–Trinajstić information content (AvgIpc) is 3.02. The Hall–Kier alpha value is -2.07. The number of nitriles is 1. The monoisotopic (exact) mass is 395 g/mol. The Kier molecular flexibility index (Phi) is 6.37. The van der Waals surface area contributed by atoms with E-state index in [9.17, 15) is 5.26 Å². The lowest BCUT2D eigenvalue weighted by Crippen LogP contribution is -2.22. The van der Waals surface area contributed by atoms with Crippen molar-refractivity contribution in [1.82, 2.24) is 9.55 Å². The van der Waals surface area contributed by atoms with Crippen LogP contribution in [0.25, 0.3) is 11.0 Å². The first-order valence-corrected chi connectivity index (χ1v) is 13.8. The molecule has 0 aliphatic rings. The van der Waals surface area contributed by atoms with Gasteiger partial charge in [0.05, 0.1) is 5.52 Å². The Labute approximate surface area is 166 Å². The van der Waals surface area contributed by atoms with Gasteiger partial charge in [-0.25, -0.2) is 4.98 Å². The number of hydrogen-bond acceptors (Lipinski definition) is 4. The van der Waals surface area contributed by atoms with Crippen LogP contribution < -0.4 is 0 Å². The van der Waals surface area contributed by atoms with Gasteiger partial charge in [-0.15, -0.1) is 11.8 Å². The van der Waals surface area contributed by atoms with Crippen LogP contribution >= 0.6 is 11.8 Å². The smallest absolute Gasteiger partial charge is 0.215 e. The van der Waals surface area contributed by atoms with Crippen LogP contribution in [0.3, 0.4) is 0 Å². The number of hydrogen-bond donors (Lipinski definition) is 0. The molecule has 0 bridgehead atoms. The summed E-state index contributed by atoms with van der Waals surface area (Å²) in [6.45, 7) is 8.10. The molecule has 1 aromatic heterocycles. The van der Waals surface area contributed by atoms with E-state index in [1.807, 2.05) is 22.8 Å². The van der Waals surface area contributed by atoms with E-state index in [1.165, 1.54) is 5.56 Å². The summed E-state index contributed by atoms with van der Waals surface area (Å²) in [4.78, 5) is 5.67. The largest absolute Gasteiger partial charge is 0.361 e. The molecule has 3 aromatic rings. The van der Waals surface area contributed by atoms with Crippen molar-refractivity contribution < 1.29 is 4.74 Å². The maximum absolute atomic E-state index is 9.52. The number of thioether (sulfide) groups is 1. The van der Waals surface area contributed by atoms with E-state index in [0.717, 1.165) is 34.3 Å². The molecule has 0 N–H and O–H groups in total. The lowest BCUT2D eigenvalue weighted by atomic mass is 10.2. The molecule has 1 heterocycles. The third kappa shape index (κ3) is 5.22. The van der Waals surface area contributed by atoms with Crippen LogP contribution in [0.15, 0.2) is 53.4 Å². The maximum Gasteiger partial charge on any atom is 0.215 e. The molecule has 2 aromatic carbocycles. The van der Waals surface area contributed by atoms with Crippen molar-refractivity contribution in [2.24, 2.45) is 0 Å². The van der Waals surface area contributed by atoms with E-state index in [-0.39, 0.29) is 0 Å². The Balaban J connectivity index is 1.78. The van der Waals surface area contributed by atoms with Crippen molar-refractivity contribution in [1.29, 1.82) is 5.26 Å². The number of para-hydroxylation sites is 1. The highest BCUT2D eigenvalue weighted by molar-refractivity contribution is 7.98. The molecule has 4 nitrogen and oxygen atoms in total. The van der Waals surface area contributed by atoms with Gasteiger partial charge in [-0.05, 0) is 23.7 Å². The van der Waals surface area contributed by atoms with Crippen molar-refractivity contribution >= 4 is 30.9 Å². The van der Waals surface area contributed by atoms with Gasteiger partial charge in [0.2, 0.25) is 5.82 Å². The van der Waals surface area contributed by atoms with Gasteiger partial charge < -0.3 is 4.74 Å². The molecule has 27 heavy (non-hydrogen) atoms. The summed E-state index contributed by atoms with van der Waals surface area (Å²) in [5.41, 5.74) is 3.11. The molecule has 0 spiro atoms. The summed E-state index contributed by atoms with van der Waals surface area (Å²) < 4.78 is 7.75. The van der Waals surface area contributed by atoms with Gasteiger partial charge in [-0.1, -0.05) is 56.0 Å². The molecule has 0 unspecified atom stereocenters. The molecule has 3 rings (SSSR count). The van der Waals surface area contributed by atoms with Crippen LogP contribution in [0.1, 0.15) is 11.4 Å². The van der Waals surface area contributed by atoms with Crippen molar-refractivity contribution in [3.63, 3.8) is 0 Å². The molecule has 0 radical (unpaired) electrons. The number of aromatic nitrogens is 2. The average molecular weight is 396 g/mol. The number of ether oxygens (including phenoxy) is 1. The van der Waals surface area contributed by atoms with E-state index in [4.69, 9.17) is 4.74 Å². The lowest BCUT2D eigenvalue weighted by Gasteiger charge is -2.15.